The highest BCUT2D eigenvalue weighted by Gasteiger charge is 2.21. The van der Waals surface area contributed by atoms with Crippen molar-refractivity contribution in [2.24, 2.45) is 11.8 Å². The van der Waals surface area contributed by atoms with Crippen LogP contribution in [0, 0.1) is 18.8 Å². The van der Waals surface area contributed by atoms with Gasteiger partial charge in [-0.2, -0.15) is 5.10 Å². The van der Waals surface area contributed by atoms with Crippen LogP contribution in [0.5, 0.6) is 0 Å². The highest BCUT2D eigenvalue weighted by molar-refractivity contribution is 5.70. The van der Waals surface area contributed by atoms with E-state index in [2.05, 4.69) is 18.9 Å². The highest BCUT2D eigenvalue weighted by Crippen LogP contribution is 2.18. The number of carbonyl (C=O) groups is 1. The minimum atomic E-state index is -0.708. The standard InChI is InChI=1S/C13H22N2O2/c1-5-15-12(7-10(4)14-15)8-11(13(16)17)6-9(2)3/h7,9,11H,5-6,8H2,1-4H3,(H,16,17). The van der Waals surface area contributed by atoms with Gasteiger partial charge in [-0.05, 0) is 32.3 Å². The van der Waals surface area contributed by atoms with Crippen LogP contribution in [0.1, 0.15) is 38.6 Å². The Bertz CT molecular complexity index is 383. The molecule has 4 nitrogen and oxygen atoms in total. The van der Waals surface area contributed by atoms with Gasteiger partial charge in [-0.15, -0.1) is 0 Å². The lowest BCUT2D eigenvalue weighted by molar-refractivity contribution is -0.142. The van der Waals surface area contributed by atoms with Crippen LogP contribution >= 0.6 is 0 Å². The molecule has 0 saturated carbocycles. The predicted octanol–water partition coefficient (Wildman–Crippen LogP) is 2.50. The van der Waals surface area contributed by atoms with E-state index < -0.39 is 5.97 Å². The number of aliphatic carboxylic acids is 1. The monoisotopic (exact) mass is 238 g/mol. The number of hydrogen-bond donors (Lipinski definition) is 1. The molecule has 0 fully saturated rings. The Morgan fingerprint density at radius 2 is 2.18 bits per heavy atom. The fourth-order valence-corrected chi connectivity index (χ4v) is 2.13. The van der Waals surface area contributed by atoms with Gasteiger partial charge in [0.05, 0.1) is 11.6 Å². The van der Waals surface area contributed by atoms with E-state index >= 15 is 0 Å². The Hall–Kier alpha value is -1.32. The molecule has 0 aliphatic heterocycles. The average Bonchev–Trinajstić information content (AvgIpc) is 2.57. The molecule has 1 aromatic rings. The molecule has 1 N–H and O–H groups in total. The Kier molecular flexibility index (Phi) is 4.73. The van der Waals surface area contributed by atoms with Crippen molar-refractivity contribution in [2.75, 3.05) is 0 Å². The van der Waals surface area contributed by atoms with Crippen molar-refractivity contribution < 1.29 is 9.90 Å². The molecule has 0 bridgehead atoms. The Morgan fingerprint density at radius 3 is 2.65 bits per heavy atom. The quantitative estimate of drug-likeness (QED) is 0.828. The molecule has 1 atom stereocenters. The van der Waals surface area contributed by atoms with E-state index in [9.17, 15) is 9.90 Å². The van der Waals surface area contributed by atoms with Crippen LogP contribution in [0.15, 0.2) is 6.07 Å². The smallest absolute Gasteiger partial charge is 0.306 e. The van der Waals surface area contributed by atoms with E-state index in [1.54, 1.807) is 0 Å². The molecule has 0 aliphatic rings. The Labute approximate surface area is 103 Å². The summed E-state index contributed by atoms with van der Waals surface area (Å²) in [5.41, 5.74) is 1.98. The number of carboxylic acid groups (broad SMARTS) is 1. The van der Waals surface area contributed by atoms with Crippen molar-refractivity contribution in [1.82, 2.24) is 9.78 Å². The van der Waals surface area contributed by atoms with Gasteiger partial charge in [-0.25, -0.2) is 0 Å². The van der Waals surface area contributed by atoms with Crippen LogP contribution in [-0.4, -0.2) is 20.9 Å². The summed E-state index contributed by atoms with van der Waals surface area (Å²) in [6.45, 7) is 8.86. The second-order valence-corrected chi connectivity index (χ2v) is 4.96. The number of hydrogen-bond acceptors (Lipinski definition) is 2. The second kappa shape index (κ2) is 5.84. The second-order valence-electron chi connectivity index (χ2n) is 4.96. The lowest BCUT2D eigenvalue weighted by Gasteiger charge is -2.15. The van der Waals surface area contributed by atoms with Gasteiger partial charge in [-0.3, -0.25) is 9.48 Å². The third-order valence-corrected chi connectivity index (χ3v) is 2.85. The van der Waals surface area contributed by atoms with E-state index in [1.807, 2.05) is 24.6 Å². The van der Waals surface area contributed by atoms with E-state index in [0.29, 0.717) is 18.8 Å². The van der Waals surface area contributed by atoms with Gasteiger partial charge in [0.25, 0.3) is 0 Å². The zero-order valence-corrected chi connectivity index (χ0v) is 11.1. The normalized spacial score (nSPS) is 13.0. The molecular formula is C13H22N2O2. The van der Waals surface area contributed by atoms with E-state index in [-0.39, 0.29) is 5.92 Å². The van der Waals surface area contributed by atoms with E-state index in [4.69, 9.17) is 0 Å². The van der Waals surface area contributed by atoms with Crippen LogP contribution in [0.3, 0.4) is 0 Å². The zero-order valence-electron chi connectivity index (χ0n) is 11.1. The summed E-state index contributed by atoms with van der Waals surface area (Å²) in [5, 5.41) is 13.6. The molecule has 0 aliphatic carbocycles. The summed E-state index contributed by atoms with van der Waals surface area (Å²) in [4.78, 5) is 11.2. The van der Waals surface area contributed by atoms with Gasteiger partial charge < -0.3 is 5.11 Å². The summed E-state index contributed by atoms with van der Waals surface area (Å²) in [5.74, 6) is -0.619. The average molecular weight is 238 g/mol. The molecule has 0 saturated heterocycles. The number of rotatable bonds is 6. The molecule has 96 valence electrons. The topological polar surface area (TPSA) is 55.1 Å². The van der Waals surface area contributed by atoms with Gasteiger partial charge in [0.1, 0.15) is 0 Å². The molecule has 1 rings (SSSR count). The minimum Gasteiger partial charge on any atom is -0.481 e. The van der Waals surface area contributed by atoms with Gasteiger partial charge in [-0.1, -0.05) is 13.8 Å². The van der Waals surface area contributed by atoms with Crippen LogP contribution in [0.2, 0.25) is 0 Å². The van der Waals surface area contributed by atoms with Crippen molar-refractivity contribution in [2.45, 2.75) is 47.1 Å². The minimum absolute atomic E-state index is 0.309. The number of aryl methyl sites for hydroxylation is 2. The molecule has 17 heavy (non-hydrogen) atoms. The van der Waals surface area contributed by atoms with E-state index in [1.165, 1.54) is 0 Å². The maximum atomic E-state index is 11.2. The molecule has 1 heterocycles. The number of carboxylic acids is 1. The molecule has 0 amide bonds. The number of aromatic nitrogens is 2. The third kappa shape index (κ3) is 3.88. The van der Waals surface area contributed by atoms with Crippen LogP contribution in [0.4, 0.5) is 0 Å². The van der Waals surface area contributed by atoms with Crippen molar-refractivity contribution >= 4 is 5.97 Å². The molecule has 0 spiro atoms. The first kappa shape index (κ1) is 13.7. The molecule has 0 radical (unpaired) electrons. The summed E-state index contributed by atoms with van der Waals surface area (Å²) in [6.07, 6.45) is 1.28. The summed E-state index contributed by atoms with van der Waals surface area (Å²) in [7, 11) is 0. The first-order chi connectivity index (χ1) is 7.93. The SMILES string of the molecule is CCn1nc(C)cc1CC(CC(C)C)C(=O)O. The summed E-state index contributed by atoms with van der Waals surface area (Å²) >= 11 is 0. The molecule has 4 heteroatoms. The maximum Gasteiger partial charge on any atom is 0.306 e. The Morgan fingerprint density at radius 1 is 1.53 bits per heavy atom. The predicted molar refractivity (Wildman–Crippen MR) is 66.9 cm³/mol. The lowest BCUT2D eigenvalue weighted by atomic mass is 9.93. The van der Waals surface area contributed by atoms with Crippen LogP contribution in [-0.2, 0) is 17.8 Å². The van der Waals surface area contributed by atoms with Crippen molar-refractivity contribution in [1.29, 1.82) is 0 Å². The first-order valence-electron chi connectivity index (χ1n) is 6.20. The lowest BCUT2D eigenvalue weighted by Crippen LogP contribution is -2.20. The van der Waals surface area contributed by atoms with Gasteiger partial charge in [0.2, 0.25) is 0 Å². The fourth-order valence-electron chi connectivity index (χ4n) is 2.13. The van der Waals surface area contributed by atoms with Crippen molar-refractivity contribution in [3.63, 3.8) is 0 Å². The molecule has 1 unspecified atom stereocenters. The fraction of sp³-hybridized carbons (Fsp3) is 0.692. The zero-order chi connectivity index (χ0) is 13.0. The van der Waals surface area contributed by atoms with E-state index in [0.717, 1.165) is 17.9 Å². The third-order valence-electron chi connectivity index (χ3n) is 2.85. The van der Waals surface area contributed by atoms with Crippen LogP contribution in [0.25, 0.3) is 0 Å². The van der Waals surface area contributed by atoms with Crippen molar-refractivity contribution in [3.8, 4) is 0 Å². The Balaban J connectivity index is 2.81. The van der Waals surface area contributed by atoms with Crippen LogP contribution < -0.4 is 0 Å². The molecule has 0 aromatic carbocycles. The number of nitrogens with zero attached hydrogens (tertiary/aromatic N) is 2. The van der Waals surface area contributed by atoms with Gasteiger partial charge >= 0.3 is 5.97 Å². The largest absolute Gasteiger partial charge is 0.481 e. The summed E-state index contributed by atoms with van der Waals surface area (Å²) in [6, 6.07) is 1.99. The molecule has 1 aromatic heterocycles. The van der Waals surface area contributed by atoms with Gasteiger partial charge in [0.15, 0.2) is 0 Å². The van der Waals surface area contributed by atoms with Gasteiger partial charge in [0, 0.05) is 18.7 Å². The highest BCUT2D eigenvalue weighted by atomic mass is 16.4. The van der Waals surface area contributed by atoms with Crippen molar-refractivity contribution in [3.05, 3.63) is 17.5 Å². The summed E-state index contributed by atoms with van der Waals surface area (Å²) < 4.78 is 1.89. The first-order valence-corrected chi connectivity index (χ1v) is 6.20. The maximum absolute atomic E-state index is 11.2. The molecular weight excluding hydrogens is 216 g/mol.